The second-order valence-corrected chi connectivity index (χ2v) is 4.54. The van der Waals surface area contributed by atoms with Gasteiger partial charge in [0.1, 0.15) is 6.33 Å². The molecule has 2 aromatic rings. The second-order valence-electron chi connectivity index (χ2n) is 3.70. The first-order valence-electron chi connectivity index (χ1n) is 4.69. The number of halogens is 2. The molecule has 1 aromatic carbocycles. The van der Waals surface area contributed by atoms with E-state index in [0.717, 1.165) is 16.6 Å². The highest BCUT2D eigenvalue weighted by Gasteiger charge is 2.10. The first kappa shape index (κ1) is 10.7. The summed E-state index contributed by atoms with van der Waals surface area (Å²) in [7, 11) is 0. The largest absolute Gasteiger partial charge is 0.240 e. The van der Waals surface area contributed by atoms with E-state index < -0.39 is 0 Å². The van der Waals surface area contributed by atoms with Gasteiger partial charge in [0.25, 0.3) is 0 Å². The monoisotopic (exact) mass is 240 g/mol. The van der Waals surface area contributed by atoms with E-state index in [-0.39, 0.29) is 0 Å². The predicted molar refractivity (Wildman–Crippen MR) is 63.6 cm³/mol. The van der Waals surface area contributed by atoms with Crippen molar-refractivity contribution in [3.63, 3.8) is 0 Å². The van der Waals surface area contributed by atoms with Gasteiger partial charge in [0.15, 0.2) is 0 Å². The van der Waals surface area contributed by atoms with Crippen LogP contribution in [0, 0.1) is 0 Å². The fraction of sp³-hybridized carbons (Fsp3) is 0.273. The lowest BCUT2D eigenvalue weighted by Crippen LogP contribution is -1.96. The lowest BCUT2D eigenvalue weighted by Gasteiger charge is -2.08. The maximum atomic E-state index is 6.06. The van der Waals surface area contributed by atoms with Crippen LogP contribution in [0.25, 0.3) is 10.9 Å². The number of fused-ring (bicyclic) bond motifs is 1. The molecule has 0 saturated heterocycles. The number of hydrogen-bond acceptors (Lipinski definition) is 2. The highest BCUT2D eigenvalue weighted by atomic mass is 35.5. The van der Waals surface area contributed by atoms with Crippen LogP contribution < -0.4 is 0 Å². The molecule has 0 aliphatic carbocycles. The highest BCUT2D eigenvalue weighted by molar-refractivity contribution is 6.38. The molecule has 2 nitrogen and oxygen atoms in total. The van der Waals surface area contributed by atoms with Crippen molar-refractivity contribution in [1.82, 2.24) is 9.97 Å². The van der Waals surface area contributed by atoms with Crippen LogP contribution in [-0.4, -0.2) is 9.97 Å². The summed E-state index contributed by atoms with van der Waals surface area (Å²) in [6.45, 7) is 4.16. The number of hydrogen-bond donors (Lipinski definition) is 0. The van der Waals surface area contributed by atoms with E-state index in [0.29, 0.717) is 16.0 Å². The summed E-state index contributed by atoms with van der Waals surface area (Å²) in [5.41, 5.74) is 1.74. The molecule has 78 valence electrons. The number of aromatic nitrogens is 2. The molecular formula is C11H10Cl2N2. The highest BCUT2D eigenvalue weighted by Crippen LogP contribution is 2.30. The first-order valence-corrected chi connectivity index (χ1v) is 5.45. The number of rotatable bonds is 1. The van der Waals surface area contributed by atoms with Crippen molar-refractivity contribution in [2.45, 2.75) is 19.8 Å². The SMILES string of the molecule is CC(C)c1ncnc2c(Cl)cc(Cl)cc12. The molecule has 0 amide bonds. The molecule has 1 aromatic heterocycles. The minimum absolute atomic E-state index is 0.324. The van der Waals surface area contributed by atoms with E-state index in [4.69, 9.17) is 23.2 Å². The van der Waals surface area contributed by atoms with Crippen LogP contribution in [0.2, 0.25) is 10.0 Å². The van der Waals surface area contributed by atoms with Crippen LogP contribution in [0.5, 0.6) is 0 Å². The Balaban J connectivity index is 2.85. The van der Waals surface area contributed by atoms with Crippen LogP contribution in [0.1, 0.15) is 25.5 Å². The Labute approximate surface area is 98.3 Å². The Bertz CT molecular complexity index is 509. The second kappa shape index (κ2) is 3.95. The number of benzene rings is 1. The third kappa shape index (κ3) is 1.92. The summed E-state index contributed by atoms with van der Waals surface area (Å²) in [4.78, 5) is 8.42. The Hall–Kier alpha value is -0.860. The van der Waals surface area contributed by atoms with Gasteiger partial charge in [0.2, 0.25) is 0 Å². The van der Waals surface area contributed by atoms with Crippen molar-refractivity contribution >= 4 is 34.1 Å². The summed E-state index contributed by atoms with van der Waals surface area (Å²) >= 11 is 12.0. The molecular weight excluding hydrogens is 231 g/mol. The molecule has 0 N–H and O–H groups in total. The van der Waals surface area contributed by atoms with E-state index in [1.54, 1.807) is 6.07 Å². The zero-order valence-electron chi connectivity index (χ0n) is 8.46. The Morgan fingerprint density at radius 3 is 2.53 bits per heavy atom. The van der Waals surface area contributed by atoms with E-state index in [9.17, 15) is 0 Å². The van der Waals surface area contributed by atoms with Crippen molar-refractivity contribution in [1.29, 1.82) is 0 Å². The maximum Gasteiger partial charge on any atom is 0.116 e. The van der Waals surface area contributed by atoms with Crippen LogP contribution in [0.4, 0.5) is 0 Å². The Morgan fingerprint density at radius 1 is 1.13 bits per heavy atom. The van der Waals surface area contributed by atoms with Gasteiger partial charge in [0.05, 0.1) is 16.2 Å². The molecule has 0 fully saturated rings. The molecule has 4 heteroatoms. The molecule has 0 saturated carbocycles. The predicted octanol–water partition coefficient (Wildman–Crippen LogP) is 4.06. The van der Waals surface area contributed by atoms with Gasteiger partial charge in [-0.3, -0.25) is 0 Å². The van der Waals surface area contributed by atoms with Crippen molar-refractivity contribution in [2.24, 2.45) is 0 Å². The molecule has 0 aliphatic heterocycles. The molecule has 1 heterocycles. The smallest absolute Gasteiger partial charge is 0.116 e. The summed E-state index contributed by atoms with van der Waals surface area (Å²) in [5, 5.41) is 2.12. The fourth-order valence-corrected chi connectivity index (χ4v) is 2.11. The average Bonchev–Trinajstić information content (AvgIpc) is 2.16. The minimum Gasteiger partial charge on any atom is -0.240 e. The molecule has 0 bridgehead atoms. The topological polar surface area (TPSA) is 25.8 Å². The fourth-order valence-electron chi connectivity index (χ4n) is 1.57. The van der Waals surface area contributed by atoms with E-state index in [2.05, 4.69) is 23.8 Å². The van der Waals surface area contributed by atoms with Crippen LogP contribution >= 0.6 is 23.2 Å². The Morgan fingerprint density at radius 2 is 1.87 bits per heavy atom. The van der Waals surface area contributed by atoms with Gasteiger partial charge in [-0.05, 0) is 18.1 Å². The van der Waals surface area contributed by atoms with Crippen molar-refractivity contribution in [3.05, 3.63) is 34.2 Å². The van der Waals surface area contributed by atoms with Gasteiger partial charge in [-0.15, -0.1) is 0 Å². The lowest BCUT2D eigenvalue weighted by atomic mass is 10.1. The summed E-state index contributed by atoms with van der Waals surface area (Å²) in [6.07, 6.45) is 1.54. The van der Waals surface area contributed by atoms with E-state index >= 15 is 0 Å². The summed E-state index contributed by atoms with van der Waals surface area (Å²) < 4.78 is 0. The summed E-state index contributed by atoms with van der Waals surface area (Å²) in [5.74, 6) is 0.324. The maximum absolute atomic E-state index is 6.06. The number of nitrogens with zero attached hydrogens (tertiary/aromatic N) is 2. The van der Waals surface area contributed by atoms with Gasteiger partial charge in [-0.2, -0.15) is 0 Å². The first-order chi connectivity index (χ1) is 7.09. The third-order valence-electron chi connectivity index (χ3n) is 2.23. The van der Waals surface area contributed by atoms with Crippen LogP contribution in [0.15, 0.2) is 18.5 Å². The normalized spacial score (nSPS) is 11.3. The van der Waals surface area contributed by atoms with Crippen molar-refractivity contribution in [3.8, 4) is 0 Å². The minimum atomic E-state index is 0.324. The zero-order chi connectivity index (χ0) is 11.0. The third-order valence-corrected chi connectivity index (χ3v) is 2.74. The van der Waals surface area contributed by atoms with Crippen LogP contribution in [-0.2, 0) is 0 Å². The molecule has 0 unspecified atom stereocenters. The van der Waals surface area contributed by atoms with Crippen molar-refractivity contribution < 1.29 is 0 Å². The average molecular weight is 241 g/mol. The summed E-state index contributed by atoms with van der Waals surface area (Å²) in [6, 6.07) is 3.56. The van der Waals surface area contributed by atoms with Crippen LogP contribution in [0.3, 0.4) is 0 Å². The zero-order valence-corrected chi connectivity index (χ0v) is 9.97. The van der Waals surface area contributed by atoms with Gasteiger partial charge in [-0.1, -0.05) is 37.0 Å². The quantitative estimate of drug-likeness (QED) is 0.752. The Kier molecular flexibility index (Phi) is 2.81. The molecule has 15 heavy (non-hydrogen) atoms. The van der Waals surface area contributed by atoms with Gasteiger partial charge < -0.3 is 0 Å². The standard InChI is InChI=1S/C11H10Cl2N2/c1-6(2)10-8-3-7(12)4-9(13)11(8)15-5-14-10/h3-6H,1-2H3. The van der Waals surface area contributed by atoms with Gasteiger partial charge >= 0.3 is 0 Å². The van der Waals surface area contributed by atoms with E-state index in [1.807, 2.05) is 6.07 Å². The van der Waals surface area contributed by atoms with Gasteiger partial charge in [-0.25, -0.2) is 9.97 Å². The molecule has 0 atom stereocenters. The molecule has 0 spiro atoms. The molecule has 0 aliphatic rings. The van der Waals surface area contributed by atoms with E-state index in [1.165, 1.54) is 6.33 Å². The lowest BCUT2D eigenvalue weighted by molar-refractivity contribution is 0.828. The van der Waals surface area contributed by atoms with Crippen molar-refractivity contribution in [2.75, 3.05) is 0 Å². The molecule has 2 rings (SSSR count). The molecule has 0 radical (unpaired) electrons. The van der Waals surface area contributed by atoms with Gasteiger partial charge in [0, 0.05) is 10.4 Å².